The zero-order chi connectivity index (χ0) is 53.3. The van der Waals surface area contributed by atoms with Crippen molar-refractivity contribution in [1.82, 2.24) is 0 Å². The van der Waals surface area contributed by atoms with Gasteiger partial charge >= 0.3 is 23.9 Å². The molecule has 0 aliphatic carbocycles. The van der Waals surface area contributed by atoms with Gasteiger partial charge < -0.3 is 39.0 Å². The van der Waals surface area contributed by atoms with E-state index in [4.69, 9.17) is 23.7 Å². The lowest BCUT2D eigenvalue weighted by atomic mass is 9.98. The van der Waals surface area contributed by atoms with Crippen molar-refractivity contribution in [1.29, 1.82) is 0 Å². The van der Waals surface area contributed by atoms with Crippen LogP contribution in [0.4, 0.5) is 0 Å². The third-order valence-electron chi connectivity index (χ3n) is 13.1. The van der Waals surface area contributed by atoms with E-state index in [2.05, 4.69) is 81.5 Å². The lowest BCUT2D eigenvalue weighted by Crippen LogP contribution is -2.61. The number of ether oxygens (including phenoxy) is 5. The molecule has 1 aliphatic heterocycles. The number of hydrogen-bond donors (Lipinski definition) is 3. The van der Waals surface area contributed by atoms with Gasteiger partial charge in [0.1, 0.15) is 18.8 Å². The second kappa shape index (κ2) is 49.3. The number of carboxylic acid groups (broad SMARTS) is 1. The minimum absolute atomic E-state index is 0.0559. The molecule has 0 saturated carbocycles. The van der Waals surface area contributed by atoms with E-state index in [1.54, 1.807) is 0 Å². The summed E-state index contributed by atoms with van der Waals surface area (Å²) in [7, 11) is 0. The molecule has 0 bridgehead atoms. The molecule has 3 N–H and O–H groups in total. The fourth-order valence-corrected chi connectivity index (χ4v) is 8.59. The second-order valence-electron chi connectivity index (χ2n) is 19.9. The summed E-state index contributed by atoms with van der Waals surface area (Å²) in [5.41, 5.74) is 0. The summed E-state index contributed by atoms with van der Waals surface area (Å²) < 4.78 is 28.3. The largest absolute Gasteiger partial charge is 0.479 e. The van der Waals surface area contributed by atoms with Gasteiger partial charge in [0, 0.05) is 19.3 Å². The molecule has 0 aromatic rings. The molecule has 0 aromatic heterocycles. The maximum Gasteiger partial charge on any atom is 0.335 e. The summed E-state index contributed by atoms with van der Waals surface area (Å²) in [4.78, 5) is 51.0. The van der Waals surface area contributed by atoms with Gasteiger partial charge in [-0.2, -0.15) is 0 Å². The Hall–Kier alpha value is -3.58. The monoisotopic (exact) mass is 1030 g/mol. The minimum atomic E-state index is -1.91. The highest BCUT2D eigenvalue weighted by molar-refractivity contribution is 5.74. The van der Waals surface area contributed by atoms with Crippen molar-refractivity contribution in [3.8, 4) is 0 Å². The first-order valence-electron chi connectivity index (χ1n) is 29.3. The number of unbranched alkanes of at least 4 members (excludes halogenated alkanes) is 25. The van der Waals surface area contributed by atoms with Crippen LogP contribution in [0.5, 0.6) is 0 Å². The van der Waals surface area contributed by atoms with E-state index < -0.39 is 67.3 Å². The predicted molar refractivity (Wildman–Crippen MR) is 294 cm³/mol. The van der Waals surface area contributed by atoms with Gasteiger partial charge in [-0.25, -0.2) is 4.79 Å². The van der Waals surface area contributed by atoms with Crippen LogP contribution in [0.15, 0.2) is 60.8 Å². The number of carbonyl (C=O) groups excluding carboxylic acids is 3. The summed E-state index contributed by atoms with van der Waals surface area (Å²) in [5, 5.41) is 31.4. The first kappa shape index (κ1) is 67.4. The van der Waals surface area contributed by atoms with Crippen LogP contribution in [-0.4, -0.2) is 89.2 Å². The number of allylic oxidation sites excluding steroid dienone is 10. The number of rotatable bonds is 49. The first-order chi connectivity index (χ1) is 35.6. The molecule has 0 radical (unpaired) electrons. The van der Waals surface area contributed by atoms with Crippen LogP contribution in [-0.2, 0) is 42.9 Å². The highest BCUT2D eigenvalue weighted by Crippen LogP contribution is 2.26. The summed E-state index contributed by atoms with van der Waals surface area (Å²) in [5.74, 6) is -3.17. The quantitative estimate of drug-likeness (QED) is 0.0228. The molecule has 420 valence electrons. The zero-order valence-electron chi connectivity index (χ0n) is 46.1. The van der Waals surface area contributed by atoms with Gasteiger partial charge in [-0.3, -0.25) is 14.4 Å². The molecule has 1 fully saturated rings. The molecule has 0 spiro atoms. The molecule has 6 unspecified atom stereocenters. The van der Waals surface area contributed by atoms with Crippen molar-refractivity contribution in [3.63, 3.8) is 0 Å². The molecule has 73 heavy (non-hydrogen) atoms. The normalized spacial score (nSPS) is 18.7. The molecule has 6 atom stereocenters. The third-order valence-corrected chi connectivity index (χ3v) is 13.1. The molecule has 0 aromatic carbocycles. The second-order valence-corrected chi connectivity index (χ2v) is 19.9. The molecule has 1 heterocycles. The van der Waals surface area contributed by atoms with Crippen LogP contribution in [0.25, 0.3) is 0 Å². The standard InChI is InChI=1S/C61H104O12/c1-4-7-10-13-16-19-21-23-25-26-27-28-30-31-33-36-38-41-44-47-53(62)69-50-52(71-54(63)48-45-42-40-37-34-32-29-24-22-20-17-14-11-8-5-2)51-70-61-59(57(66)56(65)58(73-61)60(67)68)72-55(64)49-46-43-39-35-18-15-12-9-6-3/h8,11,17,20,23-25,29,34,37,52,56-59,61,65-66H,4-7,9-10,12-16,18-19,21-22,26-28,30-33,35-36,38-51H2,1-3H3,(H,67,68)/b11-8-,20-17-,25-23-,29-24-,37-34-. The number of aliphatic hydroxyl groups is 2. The van der Waals surface area contributed by atoms with Crippen LogP contribution in [0, 0.1) is 0 Å². The maximum atomic E-state index is 13.1. The summed E-state index contributed by atoms with van der Waals surface area (Å²) in [6.45, 7) is 5.81. The Balaban J connectivity index is 2.68. The Morgan fingerprint density at radius 1 is 0.466 bits per heavy atom. The average Bonchev–Trinajstić information content (AvgIpc) is 3.37. The van der Waals surface area contributed by atoms with E-state index in [0.717, 1.165) is 83.5 Å². The molecule has 12 nitrogen and oxygen atoms in total. The van der Waals surface area contributed by atoms with E-state index in [-0.39, 0.29) is 25.9 Å². The van der Waals surface area contributed by atoms with Crippen molar-refractivity contribution in [2.75, 3.05) is 13.2 Å². The molecule has 1 saturated heterocycles. The van der Waals surface area contributed by atoms with Crippen LogP contribution in [0.2, 0.25) is 0 Å². The summed E-state index contributed by atoms with van der Waals surface area (Å²) in [6.07, 6.45) is 47.9. The third kappa shape index (κ3) is 39.5. The van der Waals surface area contributed by atoms with Crippen LogP contribution < -0.4 is 0 Å². The Morgan fingerprint density at radius 2 is 0.863 bits per heavy atom. The Morgan fingerprint density at radius 3 is 1.36 bits per heavy atom. The van der Waals surface area contributed by atoms with Gasteiger partial charge in [0.15, 0.2) is 24.6 Å². The number of carboxylic acids is 1. The predicted octanol–water partition coefficient (Wildman–Crippen LogP) is 14.8. The first-order valence-corrected chi connectivity index (χ1v) is 29.3. The maximum absolute atomic E-state index is 13.1. The van der Waals surface area contributed by atoms with E-state index in [1.165, 1.54) is 109 Å². The van der Waals surface area contributed by atoms with E-state index >= 15 is 0 Å². The lowest BCUT2D eigenvalue weighted by Gasteiger charge is -2.40. The van der Waals surface area contributed by atoms with Crippen molar-refractivity contribution < 1.29 is 58.2 Å². The van der Waals surface area contributed by atoms with Crippen molar-refractivity contribution >= 4 is 23.9 Å². The number of aliphatic hydroxyl groups excluding tert-OH is 2. The number of aliphatic carboxylic acids is 1. The Labute approximate surface area is 443 Å². The fourth-order valence-electron chi connectivity index (χ4n) is 8.59. The topological polar surface area (TPSA) is 175 Å². The van der Waals surface area contributed by atoms with E-state index in [0.29, 0.717) is 19.3 Å². The zero-order valence-corrected chi connectivity index (χ0v) is 46.1. The van der Waals surface area contributed by atoms with Crippen LogP contribution in [0.1, 0.15) is 252 Å². The highest BCUT2D eigenvalue weighted by atomic mass is 16.7. The molecule has 1 aliphatic rings. The van der Waals surface area contributed by atoms with Crippen LogP contribution >= 0.6 is 0 Å². The molecular weight excluding hydrogens is 925 g/mol. The summed E-state index contributed by atoms with van der Waals surface area (Å²) >= 11 is 0. The lowest BCUT2D eigenvalue weighted by molar-refractivity contribution is -0.301. The van der Waals surface area contributed by atoms with Crippen LogP contribution in [0.3, 0.4) is 0 Å². The number of esters is 3. The van der Waals surface area contributed by atoms with Crippen molar-refractivity contribution in [2.24, 2.45) is 0 Å². The van der Waals surface area contributed by atoms with Gasteiger partial charge in [0.25, 0.3) is 0 Å². The van der Waals surface area contributed by atoms with Crippen molar-refractivity contribution in [2.45, 2.75) is 289 Å². The fraction of sp³-hybridized carbons (Fsp3) is 0.770. The van der Waals surface area contributed by atoms with E-state index in [1.807, 2.05) is 0 Å². The molecule has 0 amide bonds. The number of carbonyl (C=O) groups is 4. The van der Waals surface area contributed by atoms with Gasteiger partial charge in [0.05, 0.1) is 6.61 Å². The Kier molecular flexibility index (Phi) is 45.5. The summed E-state index contributed by atoms with van der Waals surface area (Å²) in [6, 6.07) is 0. The van der Waals surface area contributed by atoms with Gasteiger partial charge in [-0.15, -0.1) is 0 Å². The van der Waals surface area contributed by atoms with Gasteiger partial charge in [-0.1, -0.05) is 210 Å². The molecule has 12 heteroatoms. The van der Waals surface area contributed by atoms with Gasteiger partial charge in [0.2, 0.25) is 0 Å². The average molecular weight is 1030 g/mol. The van der Waals surface area contributed by atoms with Gasteiger partial charge in [-0.05, 0) is 83.5 Å². The van der Waals surface area contributed by atoms with Crippen molar-refractivity contribution in [3.05, 3.63) is 60.8 Å². The Bertz CT molecular complexity index is 1500. The molecule has 1 rings (SSSR count). The van der Waals surface area contributed by atoms with E-state index in [9.17, 15) is 34.5 Å². The smallest absolute Gasteiger partial charge is 0.335 e. The molecular formula is C61H104O12. The minimum Gasteiger partial charge on any atom is -0.479 e. The highest BCUT2D eigenvalue weighted by Gasteiger charge is 2.50. The SMILES string of the molecule is CC/C=C\C/C=C\C/C=C\C/C=C\CCCCC(=O)OC(COC(=O)CCCCCCCCCCC/C=C\CCCCCCCC)COC1OC(C(=O)O)C(O)C(O)C1OC(=O)CCCCCCCCCCC. The number of hydrogen-bond acceptors (Lipinski definition) is 11.